The molecular weight excluding hydrogens is 360 g/mol. The third-order valence-corrected chi connectivity index (χ3v) is 4.98. The standard InChI is InChI=1S/C25H28N2O2/c1-2-3-4-5-6-7-8-17-28-23-15-13-21(14-16-23)24-18-25(29-27-24)22-11-9-20(19-26)10-12-22/h9-16,18H,2-8,17H2,1H3. The summed E-state index contributed by atoms with van der Waals surface area (Å²) in [7, 11) is 0. The van der Waals surface area contributed by atoms with Crippen molar-refractivity contribution in [1.29, 1.82) is 5.26 Å². The molecule has 0 radical (unpaired) electrons. The van der Waals surface area contributed by atoms with E-state index in [0.717, 1.165) is 35.6 Å². The summed E-state index contributed by atoms with van der Waals surface area (Å²) in [6.07, 6.45) is 8.98. The molecule has 3 aromatic rings. The SMILES string of the molecule is CCCCCCCCCOc1ccc(-c2cc(-c3ccc(C#N)cc3)on2)cc1. The van der Waals surface area contributed by atoms with Crippen LogP contribution in [0.15, 0.2) is 59.1 Å². The summed E-state index contributed by atoms with van der Waals surface area (Å²) in [4.78, 5) is 0. The second-order valence-corrected chi connectivity index (χ2v) is 7.26. The van der Waals surface area contributed by atoms with Gasteiger partial charge in [-0.2, -0.15) is 5.26 Å². The fraction of sp³-hybridized carbons (Fsp3) is 0.360. The van der Waals surface area contributed by atoms with Gasteiger partial charge >= 0.3 is 0 Å². The smallest absolute Gasteiger partial charge is 0.167 e. The van der Waals surface area contributed by atoms with Crippen LogP contribution in [0.5, 0.6) is 5.75 Å². The maximum Gasteiger partial charge on any atom is 0.167 e. The molecular formula is C25H28N2O2. The Morgan fingerprint density at radius 2 is 1.52 bits per heavy atom. The predicted molar refractivity (Wildman–Crippen MR) is 116 cm³/mol. The number of benzene rings is 2. The molecule has 0 aliphatic carbocycles. The zero-order valence-electron chi connectivity index (χ0n) is 17.1. The first-order chi connectivity index (χ1) is 14.3. The van der Waals surface area contributed by atoms with E-state index in [1.54, 1.807) is 12.1 Å². The zero-order valence-corrected chi connectivity index (χ0v) is 17.1. The first kappa shape index (κ1) is 20.7. The van der Waals surface area contributed by atoms with Gasteiger partial charge in [0.2, 0.25) is 0 Å². The van der Waals surface area contributed by atoms with Gasteiger partial charge in [-0.05, 0) is 55.0 Å². The maximum atomic E-state index is 8.90. The molecule has 0 unspecified atom stereocenters. The molecule has 1 heterocycles. The number of hydrogen-bond acceptors (Lipinski definition) is 4. The van der Waals surface area contributed by atoms with Gasteiger partial charge < -0.3 is 9.26 Å². The second-order valence-electron chi connectivity index (χ2n) is 7.26. The molecule has 0 saturated carbocycles. The average molecular weight is 389 g/mol. The quantitative estimate of drug-likeness (QED) is 0.331. The largest absolute Gasteiger partial charge is 0.494 e. The number of hydrogen-bond donors (Lipinski definition) is 0. The van der Waals surface area contributed by atoms with Crippen LogP contribution in [0.3, 0.4) is 0 Å². The summed E-state index contributed by atoms with van der Waals surface area (Å²) in [5.74, 6) is 1.57. The van der Waals surface area contributed by atoms with Gasteiger partial charge in [-0.15, -0.1) is 0 Å². The van der Waals surface area contributed by atoms with Crippen molar-refractivity contribution in [2.24, 2.45) is 0 Å². The van der Waals surface area contributed by atoms with Crippen molar-refractivity contribution in [2.75, 3.05) is 6.61 Å². The Labute approximate surface area is 173 Å². The summed E-state index contributed by atoms with van der Waals surface area (Å²) in [5, 5.41) is 13.1. The molecule has 0 aliphatic heterocycles. The Morgan fingerprint density at radius 3 is 2.21 bits per heavy atom. The van der Waals surface area contributed by atoms with E-state index >= 15 is 0 Å². The van der Waals surface area contributed by atoms with Crippen molar-refractivity contribution in [3.05, 3.63) is 60.2 Å². The van der Waals surface area contributed by atoms with Crippen molar-refractivity contribution < 1.29 is 9.26 Å². The van der Waals surface area contributed by atoms with Gasteiger partial charge in [0.15, 0.2) is 5.76 Å². The lowest BCUT2D eigenvalue weighted by Crippen LogP contribution is -1.97. The van der Waals surface area contributed by atoms with Crippen LogP contribution >= 0.6 is 0 Å². The van der Waals surface area contributed by atoms with Crippen molar-refractivity contribution in [2.45, 2.75) is 51.9 Å². The third-order valence-electron chi connectivity index (χ3n) is 4.98. The molecule has 0 fully saturated rings. The van der Waals surface area contributed by atoms with E-state index in [1.807, 2.05) is 42.5 Å². The number of rotatable bonds is 11. The Morgan fingerprint density at radius 1 is 0.862 bits per heavy atom. The van der Waals surface area contributed by atoms with Crippen molar-refractivity contribution in [1.82, 2.24) is 5.16 Å². The summed E-state index contributed by atoms with van der Waals surface area (Å²) >= 11 is 0. The summed E-state index contributed by atoms with van der Waals surface area (Å²) in [6, 6.07) is 19.3. The van der Waals surface area contributed by atoms with Crippen molar-refractivity contribution in [3.8, 4) is 34.4 Å². The normalized spacial score (nSPS) is 10.6. The molecule has 150 valence electrons. The fourth-order valence-electron chi connectivity index (χ4n) is 3.23. The molecule has 29 heavy (non-hydrogen) atoms. The van der Waals surface area contributed by atoms with E-state index in [4.69, 9.17) is 14.5 Å². The number of unbranched alkanes of at least 4 members (excludes halogenated alkanes) is 6. The van der Waals surface area contributed by atoms with Crippen LogP contribution in [-0.4, -0.2) is 11.8 Å². The molecule has 0 saturated heterocycles. The predicted octanol–water partition coefficient (Wildman–Crippen LogP) is 7.01. The topological polar surface area (TPSA) is 59.0 Å². The van der Waals surface area contributed by atoms with Crippen molar-refractivity contribution >= 4 is 0 Å². The highest BCUT2D eigenvalue weighted by atomic mass is 16.5. The fourth-order valence-corrected chi connectivity index (χ4v) is 3.23. The van der Waals surface area contributed by atoms with Gasteiger partial charge in [0, 0.05) is 17.2 Å². The summed E-state index contributed by atoms with van der Waals surface area (Å²) in [5.41, 5.74) is 3.29. The van der Waals surface area contributed by atoms with Crippen LogP contribution in [0.1, 0.15) is 57.4 Å². The highest BCUT2D eigenvalue weighted by molar-refractivity contribution is 5.67. The Balaban J connectivity index is 1.48. The average Bonchev–Trinajstić information content (AvgIpc) is 3.26. The van der Waals surface area contributed by atoms with E-state index < -0.39 is 0 Å². The van der Waals surface area contributed by atoms with E-state index in [0.29, 0.717) is 11.3 Å². The molecule has 0 spiro atoms. The molecule has 0 bridgehead atoms. The molecule has 0 atom stereocenters. The Bertz CT molecular complexity index is 905. The summed E-state index contributed by atoms with van der Waals surface area (Å²) < 4.78 is 11.3. The number of aromatic nitrogens is 1. The minimum Gasteiger partial charge on any atom is -0.494 e. The number of nitriles is 1. The van der Waals surface area contributed by atoms with Crippen LogP contribution in [-0.2, 0) is 0 Å². The maximum absolute atomic E-state index is 8.90. The van der Waals surface area contributed by atoms with Gasteiger partial charge in [-0.1, -0.05) is 50.6 Å². The highest BCUT2D eigenvalue weighted by Gasteiger charge is 2.09. The van der Waals surface area contributed by atoms with E-state index in [1.165, 1.54) is 38.5 Å². The lowest BCUT2D eigenvalue weighted by atomic mass is 10.1. The van der Waals surface area contributed by atoms with E-state index in [9.17, 15) is 0 Å². The Kier molecular flexibility index (Phi) is 7.89. The number of nitrogens with zero attached hydrogens (tertiary/aromatic N) is 2. The van der Waals surface area contributed by atoms with Gasteiger partial charge in [0.05, 0.1) is 18.2 Å². The van der Waals surface area contributed by atoms with Crippen LogP contribution in [0.4, 0.5) is 0 Å². The van der Waals surface area contributed by atoms with Crippen molar-refractivity contribution in [3.63, 3.8) is 0 Å². The van der Waals surface area contributed by atoms with Crippen LogP contribution < -0.4 is 4.74 Å². The first-order valence-corrected chi connectivity index (χ1v) is 10.5. The molecule has 3 rings (SSSR count). The molecule has 4 nitrogen and oxygen atoms in total. The van der Waals surface area contributed by atoms with Gasteiger partial charge in [-0.25, -0.2) is 0 Å². The van der Waals surface area contributed by atoms with E-state index in [-0.39, 0.29) is 0 Å². The molecule has 4 heteroatoms. The van der Waals surface area contributed by atoms with Crippen LogP contribution in [0.25, 0.3) is 22.6 Å². The van der Waals surface area contributed by atoms with Gasteiger partial charge in [0.25, 0.3) is 0 Å². The third kappa shape index (κ3) is 6.22. The molecule has 1 aromatic heterocycles. The molecule has 0 N–H and O–H groups in total. The zero-order chi connectivity index (χ0) is 20.3. The van der Waals surface area contributed by atoms with Gasteiger partial charge in [0.1, 0.15) is 11.4 Å². The van der Waals surface area contributed by atoms with Crippen LogP contribution in [0, 0.1) is 11.3 Å². The highest BCUT2D eigenvalue weighted by Crippen LogP contribution is 2.27. The lowest BCUT2D eigenvalue weighted by Gasteiger charge is -2.06. The minimum absolute atomic E-state index is 0.626. The van der Waals surface area contributed by atoms with Crippen LogP contribution in [0.2, 0.25) is 0 Å². The lowest BCUT2D eigenvalue weighted by molar-refractivity contribution is 0.304. The second kappa shape index (κ2) is 11.1. The molecule has 0 amide bonds. The molecule has 2 aromatic carbocycles. The van der Waals surface area contributed by atoms with Gasteiger partial charge in [-0.3, -0.25) is 0 Å². The number of ether oxygens (including phenoxy) is 1. The minimum atomic E-state index is 0.626. The molecule has 0 aliphatic rings. The Hall–Kier alpha value is -3.06. The monoisotopic (exact) mass is 388 g/mol. The first-order valence-electron chi connectivity index (χ1n) is 10.5. The summed E-state index contributed by atoms with van der Waals surface area (Å²) in [6.45, 7) is 3.01. The van der Waals surface area contributed by atoms with E-state index in [2.05, 4.69) is 18.1 Å².